The minimum absolute atomic E-state index is 0.388. The van der Waals surface area contributed by atoms with Crippen molar-refractivity contribution in [2.45, 2.75) is 6.61 Å². The number of halogens is 1. The van der Waals surface area contributed by atoms with Crippen LogP contribution in [0.4, 0.5) is 5.69 Å². The summed E-state index contributed by atoms with van der Waals surface area (Å²) in [4.78, 5) is 23.9. The predicted molar refractivity (Wildman–Crippen MR) is 120 cm³/mol. The van der Waals surface area contributed by atoms with E-state index in [9.17, 15) is 9.59 Å². The number of methoxy groups -OCH3 is 1. The average molecular weight is 438 g/mol. The molecule has 8 heteroatoms. The summed E-state index contributed by atoms with van der Waals surface area (Å²) >= 11 is 5.88. The zero-order chi connectivity index (χ0) is 22.1. The van der Waals surface area contributed by atoms with Crippen LogP contribution < -0.4 is 20.2 Å². The predicted octanol–water partition coefficient (Wildman–Crippen LogP) is 4.02. The van der Waals surface area contributed by atoms with Gasteiger partial charge in [-0.25, -0.2) is 5.43 Å². The quantitative estimate of drug-likeness (QED) is 0.332. The van der Waals surface area contributed by atoms with E-state index < -0.39 is 11.8 Å². The molecule has 0 fully saturated rings. The normalized spacial score (nSPS) is 10.5. The summed E-state index contributed by atoms with van der Waals surface area (Å²) in [6.45, 7) is 0.388. The molecule has 2 amide bonds. The van der Waals surface area contributed by atoms with Crippen molar-refractivity contribution in [2.75, 3.05) is 12.4 Å². The van der Waals surface area contributed by atoms with Crippen LogP contribution in [0.5, 0.6) is 11.5 Å². The van der Waals surface area contributed by atoms with Crippen LogP contribution in [0.2, 0.25) is 5.02 Å². The summed E-state index contributed by atoms with van der Waals surface area (Å²) in [6.07, 6.45) is 1.42. The van der Waals surface area contributed by atoms with E-state index in [1.165, 1.54) is 13.3 Å². The van der Waals surface area contributed by atoms with Crippen molar-refractivity contribution in [3.05, 3.63) is 88.9 Å². The first-order valence-electron chi connectivity index (χ1n) is 9.29. The number of anilines is 1. The van der Waals surface area contributed by atoms with Crippen LogP contribution in [-0.2, 0) is 16.2 Å². The largest absolute Gasteiger partial charge is 0.497 e. The summed E-state index contributed by atoms with van der Waals surface area (Å²) in [7, 11) is 1.51. The summed E-state index contributed by atoms with van der Waals surface area (Å²) in [6, 6.07) is 21.2. The van der Waals surface area contributed by atoms with E-state index in [1.54, 1.807) is 54.6 Å². The molecule has 0 saturated heterocycles. The molecule has 3 aromatic carbocycles. The van der Waals surface area contributed by atoms with Crippen molar-refractivity contribution in [3.8, 4) is 11.5 Å². The van der Waals surface area contributed by atoms with E-state index in [4.69, 9.17) is 21.1 Å². The third-order valence-electron chi connectivity index (χ3n) is 4.09. The van der Waals surface area contributed by atoms with Gasteiger partial charge in [0.25, 0.3) is 0 Å². The first-order valence-corrected chi connectivity index (χ1v) is 9.67. The van der Waals surface area contributed by atoms with E-state index in [0.29, 0.717) is 34.4 Å². The monoisotopic (exact) mass is 437 g/mol. The Kier molecular flexibility index (Phi) is 7.61. The van der Waals surface area contributed by atoms with Crippen molar-refractivity contribution in [2.24, 2.45) is 5.10 Å². The summed E-state index contributed by atoms with van der Waals surface area (Å²) in [5.74, 6) is -0.532. The van der Waals surface area contributed by atoms with Crippen molar-refractivity contribution < 1.29 is 19.1 Å². The summed E-state index contributed by atoms with van der Waals surface area (Å²) < 4.78 is 10.8. The van der Waals surface area contributed by atoms with Gasteiger partial charge < -0.3 is 14.8 Å². The Hall–Kier alpha value is -3.84. The number of amides is 2. The van der Waals surface area contributed by atoms with Gasteiger partial charge in [-0.3, -0.25) is 9.59 Å². The van der Waals surface area contributed by atoms with E-state index in [0.717, 1.165) is 5.56 Å². The third-order valence-corrected chi connectivity index (χ3v) is 4.34. The van der Waals surface area contributed by atoms with Crippen molar-refractivity contribution in [3.63, 3.8) is 0 Å². The Morgan fingerprint density at radius 2 is 1.71 bits per heavy atom. The van der Waals surface area contributed by atoms with Gasteiger partial charge in [0.15, 0.2) is 0 Å². The number of benzene rings is 3. The van der Waals surface area contributed by atoms with Crippen LogP contribution in [0.1, 0.15) is 11.1 Å². The van der Waals surface area contributed by atoms with E-state index in [2.05, 4.69) is 15.8 Å². The fourth-order valence-electron chi connectivity index (χ4n) is 2.54. The maximum Gasteiger partial charge on any atom is 0.329 e. The average Bonchev–Trinajstić information content (AvgIpc) is 2.79. The number of rotatable bonds is 7. The van der Waals surface area contributed by atoms with E-state index in [1.807, 2.05) is 18.2 Å². The Bertz CT molecular complexity index is 1080. The van der Waals surface area contributed by atoms with Crippen LogP contribution in [0.15, 0.2) is 77.9 Å². The number of hydrogen-bond acceptors (Lipinski definition) is 5. The molecule has 2 N–H and O–H groups in total. The Morgan fingerprint density at radius 1 is 0.968 bits per heavy atom. The van der Waals surface area contributed by atoms with Gasteiger partial charge in [0.05, 0.1) is 13.3 Å². The molecule has 3 rings (SSSR count). The fourth-order valence-corrected chi connectivity index (χ4v) is 2.66. The second kappa shape index (κ2) is 10.8. The molecule has 0 unspecified atom stereocenters. The van der Waals surface area contributed by atoms with Gasteiger partial charge in [0, 0.05) is 16.8 Å². The fraction of sp³-hybridized carbons (Fsp3) is 0.0870. The zero-order valence-corrected chi connectivity index (χ0v) is 17.4. The molecule has 0 heterocycles. The van der Waals surface area contributed by atoms with Crippen molar-refractivity contribution in [1.29, 1.82) is 0 Å². The van der Waals surface area contributed by atoms with Gasteiger partial charge in [-0.15, -0.1) is 0 Å². The highest BCUT2D eigenvalue weighted by atomic mass is 35.5. The lowest BCUT2D eigenvalue weighted by molar-refractivity contribution is -0.136. The lowest BCUT2D eigenvalue weighted by atomic mass is 10.2. The van der Waals surface area contributed by atoms with Gasteiger partial charge in [0.2, 0.25) is 0 Å². The van der Waals surface area contributed by atoms with Gasteiger partial charge in [-0.1, -0.05) is 41.9 Å². The van der Waals surface area contributed by atoms with Gasteiger partial charge in [-0.2, -0.15) is 5.10 Å². The lowest BCUT2D eigenvalue weighted by Crippen LogP contribution is -2.32. The first kappa shape index (κ1) is 21.9. The van der Waals surface area contributed by atoms with Crippen LogP contribution >= 0.6 is 11.6 Å². The number of hydrogen-bond donors (Lipinski definition) is 2. The van der Waals surface area contributed by atoms with Gasteiger partial charge in [-0.05, 0) is 47.5 Å². The number of carbonyl (C=O) groups excluding carboxylic acids is 2. The van der Waals surface area contributed by atoms with Gasteiger partial charge >= 0.3 is 11.8 Å². The second-order valence-corrected chi connectivity index (χ2v) is 6.81. The highest BCUT2D eigenvalue weighted by Gasteiger charge is 2.13. The van der Waals surface area contributed by atoms with Crippen LogP contribution in [0.3, 0.4) is 0 Å². The lowest BCUT2D eigenvalue weighted by Gasteiger charge is -2.07. The molecule has 158 valence electrons. The molecule has 0 aliphatic rings. The van der Waals surface area contributed by atoms with Crippen LogP contribution in [0.25, 0.3) is 0 Å². The molecule has 0 bridgehead atoms. The Balaban J connectivity index is 1.51. The molecule has 0 aromatic heterocycles. The number of hydrazone groups is 1. The molecule has 0 radical (unpaired) electrons. The summed E-state index contributed by atoms with van der Waals surface area (Å²) in [5.41, 5.74) is 4.32. The molecular formula is C23H20ClN3O4. The highest BCUT2D eigenvalue weighted by Crippen LogP contribution is 2.17. The maximum atomic E-state index is 12.0. The van der Waals surface area contributed by atoms with Crippen LogP contribution in [-0.4, -0.2) is 25.1 Å². The van der Waals surface area contributed by atoms with Gasteiger partial charge in [0.1, 0.15) is 18.1 Å². The highest BCUT2D eigenvalue weighted by molar-refractivity contribution is 6.39. The number of ether oxygens (including phenoxy) is 2. The Morgan fingerprint density at radius 3 is 2.48 bits per heavy atom. The van der Waals surface area contributed by atoms with Crippen molar-refractivity contribution >= 4 is 35.3 Å². The zero-order valence-electron chi connectivity index (χ0n) is 16.7. The maximum absolute atomic E-state index is 12.0. The molecule has 0 spiro atoms. The topological polar surface area (TPSA) is 89.0 Å². The number of carbonyl (C=O) groups is 2. The second-order valence-electron chi connectivity index (χ2n) is 6.37. The summed E-state index contributed by atoms with van der Waals surface area (Å²) in [5, 5.41) is 6.97. The molecule has 0 atom stereocenters. The number of nitrogens with one attached hydrogen (secondary N) is 2. The standard InChI is InChI=1S/C23H20ClN3O4/c1-30-20-6-3-5-19(13-20)26-22(28)23(29)27-25-14-17-4-2-7-21(12-17)31-15-16-8-10-18(24)11-9-16/h2-14H,15H2,1H3,(H,26,28)(H,27,29). The number of nitrogens with zero attached hydrogens (tertiary/aromatic N) is 1. The smallest absolute Gasteiger partial charge is 0.329 e. The Labute approximate surface area is 184 Å². The first-order chi connectivity index (χ1) is 15.0. The molecule has 0 saturated carbocycles. The SMILES string of the molecule is COc1cccc(NC(=O)C(=O)NN=Cc2cccc(OCc3ccc(Cl)cc3)c2)c1. The van der Waals surface area contributed by atoms with Crippen LogP contribution in [0, 0.1) is 0 Å². The van der Waals surface area contributed by atoms with E-state index in [-0.39, 0.29) is 0 Å². The molecule has 0 aliphatic carbocycles. The third kappa shape index (κ3) is 6.87. The molecule has 31 heavy (non-hydrogen) atoms. The molecule has 7 nitrogen and oxygen atoms in total. The van der Waals surface area contributed by atoms with Crippen molar-refractivity contribution in [1.82, 2.24) is 5.43 Å². The molecule has 0 aliphatic heterocycles. The molecule has 3 aromatic rings. The minimum atomic E-state index is -0.894. The molecular weight excluding hydrogens is 418 g/mol. The van der Waals surface area contributed by atoms with E-state index >= 15 is 0 Å². The minimum Gasteiger partial charge on any atom is -0.497 e.